The van der Waals surface area contributed by atoms with E-state index in [0.29, 0.717) is 5.88 Å². The molecule has 0 fully saturated rings. The summed E-state index contributed by atoms with van der Waals surface area (Å²) in [6.07, 6.45) is 1.81. The quantitative estimate of drug-likeness (QED) is 0.404. The van der Waals surface area contributed by atoms with Crippen LogP contribution >= 0.6 is 11.6 Å². The molecule has 0 atom stereocenters. The summed E-state index contributed by atoms with van der Waals surface area (Å²) in [6, 6.07) is 26.6. The smallest absolute Gasteiger partial charge is 0.0701 e. The molecular weight excluding hydrogens is 290 g/mol. The summed E-state index contributed by atoms with van der Waals surface area (Å²) >= 11 is 5.81. The first-order valence-electron chi connectivity index (χ1n) is 7.21. The minimum atomic E-state index is 0.585. The lowest BCUT2D eigenvalue weighted by Gasteiger charge is -2.01. The van der Waals surface area contributed by atoms with Gasteiger partial charge in [0, 0.05) is 17.5 Å². The van der Waals surface area contributed by atoms with Crippen molar-refractivity contribution in [1.82, 2.24) is 4.98 Å². The Kier molecular flexibility index (Phi) is 4.67. The van der Waals surface area contributed by atoms with E-state index >= 15 is 0 Å². The van der Waals surface area contributed by atoms with Crippen molar-refractivity contribution in [1.29, 1.82) is 0 Å². The molecule has 0 spiro atoms. The zero-order valence-corrected chi connectivity index (χ0v) is 12.9. The fourth-order valence-corrected chi connectivity index (χ4v) is 2.66. The third kappa shape index (κ3) is 3.26. The van der Waals surface area contributed by atoms with Crippen molar-refractivity contribution in [2.75, 3.05) is 0 Å². The van der Waals surface area contributed by atoms with Crippen molar-refractivity contribution in [3.63, 3.8) is 0 Å². The molecule has 0 saturated carbocycles. The molecule has 0 aliphatic rings. The molecule has 0 bridgehead atoms. The van der Waals surface area contributed by atoms with Crippen molar-refractivity contribution in [2.45, 2.75) is 5.88 Å². The highest BCUT2D eigenvalue weighted by Crippen LogP contribution is 2.19. The van der Waals surface area contributed by atoms with E-state index in [1.165, 1.54) is 21.7 Å². The molecule has 108 valence electrons. The predicted octanol–water partition coefficient (Wildman–Crippen LogP) is 5.81. The topological polar surface area (TPSA) is 12.9 Å². The van der Waals surface area contributed by atoms with Crippen LogP contribution in [0.3, 0.4) is 0 Å². The van der Waals surface area contributed by atoms with Gasteiger partial charge >= 0.3 is 0 Å². The van der Waals surface area contributed by atoms with E-state index in [-0.39, 0.29) is 0 Å². The Morgan fingerprint density at radius 2 is 1.36 bits per heavy atom. The first-order chi connectivity index (χ1) is 10.9. The molecule has 1 nitrogen and oxygen atoms in total. The molecule has 0 saturated heterocycles. The molecule has 3 aromatic carbocycles. The van der Waals surface area contributed by atoms with E-state index in [1.807, 2.05) is 48.7 Å². The summed E-state index contributed by atoms with van der Waals surface area (Å²) in [7, 11) is 0. The molecule has 0 aliphatic heterocycles. The number of aromatic nitrogens is 1. The van der Waals surface area contributed by atoms with Gasteiger partial charge in [-0.1, -0.05) is 66.7 Å². The Bertz CT molecular complexity index is 816. The number of nitrogens with zero attached hydrogens (tertiary/aromatic N) is 1. The SMILES string of the molecule is ClCc1cccc2ccccc12.c1ccc2ncccc2c1. The van der Waals surface area contributed by atoms with Gasteiger partial charge in [-0.05, 0) is 28.5 Å². The van der Waals surface area contributed by atoms with Crippen LogP contribution in [-0.2, 0) is 5.88 Å². The second-order valence-electron chi connectivity index (χ2n) is 4.97. The molecular formula is C20H16ClN. The van der Waals surface area contributed by atoms with E-state index in [2.05, 4.69) is 41.4 Å². The van der Waals surface area contributed by atoms with E-state index in [9.17, 15) is 0 Å². The molecule has 2 heteroatoms. The fourth-order valence-electron chi connectivity index (χ4n) is 2.43. The molecule has 1 heterocycles. The van der Waals surface area contributed by atoms with Gasteiger partial charge in [-0.15, -0.1) is 11.6 Å². The molecule has 0 amide bonds. The maximum Gasteiger partial charge on any atom is 0.0701 e. The number of pyridine rings is 1. The van der Waals surface area contributed by atoms with Crippen molar-refractivity contribution in [3.05, 3.63) is 90.6 Å². The van der Waals surface area contributed by atoms with E-state index < -0.39 is 0 Å². The Morgan fingerprint density at radius 1 is 0.682 bits per heavy atom. The zero-order chi connectivity index (χ0) is 15.2. The third-order valence-electron chi connectivity index (χ3n) is 3.54. The van der Waals surface area contributed by atoms with E-state index in [1.54, 1.807) is 0 Å². The highest BCUT2D eigenvalue weighted by atomic mass is 35.5. The Balaban J connectivity index is 0.000000133. The maximum absolute atomic E-state index is 5.81. The monoisotopic (exact) mass is 305 g/mol. The highest BCUT2D eigenvalue weighted by molar-refractivity contribution is 6.18. The van der Waals surface area contributed by atoms with Crippen LogP contribution in [0.2, 0.25) is 0 Å². The van der Waals surface area contributed by atoms with Crippen LogP contribution in [0.15, 0.2) is 85.1 Å². The molecule has 0 unspecified atom stereocenters. The molecule has 0 aliphatic carbocycles. The molecule has 22 heavy (non-hydrogen) atoms. The van der Waals surface area contributed by atoms with E-state index in [4.69, 9.17) is 11.6 Å². The lowest BCUT2D eigenvalue weighted by Crippen LogP contribution is -1.79. The number of halogens is 1. The molecule has 0 radical (unpaired) electrons. The summed E-state index contributed by atoms with van der Waals surface area (Å²) in [5, 5.41) is 3.72. The van der Waals surface area contributed by atoms with Crippen LogP contribution < -0.4 is 0 Å². The summed E-state index contributed by atoms with van der Waals surface area (Å²) in [4.78, 5) is 4.18. The van der Waals surface area contributed by atoms with Gasteiger partial charge < -0.3 is 0 Å². The van der Waals surface area contributed by atoms with E-state index in [0.717, 1.165) is 5.52 Å². The Morgan fingerprint density at radius 3 is 2.18 bits per heavy atom. The maximum atomic E-state index is 5.81. The van der Waals surface area contributed by atoms with Crippen LogP contribution in [0.4, 0.5) is 0 Å². The minimum Gasteiger partial charge on any atom is -0.256 e. The molecule has 1 aromatic heterocycles. The van der Waals surface area contributed by atoms with Crippen LogP contribution in [0.5, 0.6) is 0 Å². The van der Waals surface area contributed by atoms with Crippen LogP contribution in [0.25, 0.3) is 21.7 Å². The highest BCUT2D eigenvalue weighted by Gasteiger charge is 1.96. The van der Waals surface area contributed by atoms with Crippen LogP contribution in [0, 0.1) is 0 Å². The minimum absolute atomic E-state index is 0.585. The van der Waals surface area contributed by atoms with Crippen molar-refractivity contribution in [2.24, 2.45) is 0 Å². The third-order valence-corrected chi connectivity index (χ3v) is 3.82. The van der Waals surface area contributed by atoms with Gasteiger partial charge in [0.15, 0.2) is 0 Å². The lowest BCUT2D eigenvalue weighted by molar-refractivity contribution is 1.41. The number of benzene rings is 3. The van der Waals surface area contributed by atoms with Gasteiger partial charge in [0.1, 0.15) is 0 Å². The lowest BCUT2D eigenvalue weighted by atomic mass is 10.1. The van der Waals surface area contributed by atoms with Crippen molar-refractivity contribution < 1.29 is 0 Å². The summed E-state index contributed by atoms with van der Waals surface area (Å²) < 4.78 is 0. The molecule has 0 N–H and O–H groups in total. The largest absolute Gasteiger partial charge is 0.256 e. The number of para-hydroxylation sites is 1. The predicted molar refractivity (Wildman–Crippen MR) is 95.2 cm³/mol. The van der Waals surface area contributed by atoms with Crippen LogP contribution in [0.1, 0.15) is 5.56 Å². The summed E-state index contributed by atoms with van der Waals surface area (Å²) in [5.74, 6) is 0.585. The second-order valence-corrected chi connectivity index (χ2v) is 5.24. The summed E-state index contributed by atoms with van der Waals surface area (Å²) in [6.45, 7) is 0. The van der Waals surface area contributed by atoms with Crippen molar-refractivity contribution in [3.8, 4) is 0 Å². The summed E-state index contributed by atoms with van der Waals surface area (Å²) in [5.41, 5.74) is 2.26. The number of fused-ring (bicyclic) bond motifs is 2. The van der Waals surface area contributed by atoms with Gasteiger partial charge in [0.2, 0.25) is 0 Å². The number of alkyl halides is 1. The average molecular weight is 306 g/mol. The Labute approximate surface area is 135 Å². The van der Waals surface area contributed by atoms with Crippen LogP contribution in [-0.4, -0.2) is 4.98 Å². The Hall–Kier alpha value is -2.38. The number of hydrogen-bond donors (Lipinski definition) is 0. The standard InChI is InChI=1S/C11H9Cl.C9H7N/c12-8-10-6-3-5-9-4-1-2-7-11(9)10;1-2-6-9-8(4-1)5-3-7-10-9/h1-7H,8H2;1-7H. The van der Waals surface area contributed by atoms with Gasteiger partial charge in [-0.25, -0.2) is 0 Å². The number of rotatable bonds is 1. The van der Waals surface area contributed by atoms with Gasteiger partial charge in [0.05, 0.1) is 5.52 Å². The van der Waals surface area contributed by atoms with Crippen molar-refractivity contribution >= 4 is 33.3 Å². The second kappa shape index (κ2) is 7.06. The number of hydrogen-bond acceptors (Lipinski definition) is 1. The van der Waals surface area contributed by atoms with Gasteiger partial charge in [-0.2, -0.15) is 0 Å². The van der Waals surface area contributed by atoms with Gasteiger partial charge in [-0.3, -0.25) is 4.98 Å². The fraction of sp³-hybridized carbons (Fsp3) is 0.0500. The molecule has 4 aromatic rings. The first kappa shape index (κ1) is 14.6. The zero-order valence-electron chi connectivity index (χ0n) is 12.1. The first-order valence-corrected chi connectivity index (χ1v) is 7.74. The average Bonchev–Trinajstić information content (AvgIpc) is 2.62. The molecule has 4 rings (SSSR count). The van der Waals surface area contributed by atoms with Gasteiger partial charge in [0.25, 0.3) is 0 Å². The normalized spacial score (nSPS) is 10.2.